The zero-order valence-corrected chi connectivity index (χ0v) is 6.94. The van der Waals surface area contributed by atoms with Crippen molar-refractivity contribution in [2.24, 2.45) is 0 Å². The van der Waals surface area contributed by atoms with Crippen molar-refractivity contribution in [3.8, 4) is 0 Å². The van der Waals surface area contributed by atoms with E-state index >= 15 is 0 Å². The molecule has 0 bridgehead atoms. The summed E-state index contributed by atoms with van der Waals surface area (Å²) in [5.74, 6) is 0.240. The summed E-state index contributed by atoms with van der Waals surface area (Å²) in [6.07, 6.45) is 3.48. The van der Waals surface area contributed by atoms with E-state index in [4.69, 9.17) is 0 Å². The number of carbonyl (C=O) groups excluding carboxylic acids is 1. The molecule has 0 fully saturated rings. The van der Waals surface area contributed by atoms with Crippen LogP contribution in [-0.4, -0.2) is 5.78 Å². The van der Waals surface area contributed by atoms with Gasteiger partial charge >= 0.3 is 0 Å². The summed E-state index contributed by atoms with van der Waals surface area (Å²) in [7, 11) is 0. The molecule has 58 valence electrons. The molecule has 1 heteroatoms. The van der Waals surface area contributed by atoms with Crippen LogP contribution in [0.1, 0.15) is 39.5 Å². The molecule has 1 nitrogen and oxygen atoms in total. The van der Waals surface area contributed by atoms with Crippen LogP contribution >= 0.6 is 0 Å². The van der Waals surface area contributed by atoms with Gasteiger partial charge in [-0.25, -0.2) is 0 Å². The highest BCUT2D eigenvalue weighted by atomic mass is 16.1. The molecule has 0 N–H and O–H groups in total. The van der Waals surface area contributed by atoms with E-state index in [0.717, 1.165) is 24.8 Å². The molecular formula is C9H16O. The van der Waals surface area contributed by atoms with Gasteiger partial charge in [-0.2, -0.15) is 0 Å². The van der Waals surface area contributed by atoms with Crippen molar-refractivity contribution in [1.82, 2.24) is 0 Å². The first-order valence-corrected chi connectivity index (χ1v) is 3.93. The number of allylic oxidation sites excluding steroid dienone is 1. The molecule has 0 saturated heterocycles. The average molecular weight is 140 g/mol. The topological polar surface area (TPSA) is 17.1 Å². The number of ketones is 1. The Hall–Kier alpha value is -0.590. The summed E-state index contributed by atoms with van der Waals surface area (Å²) in [4.78, 5) is 11.0. The standard InChI is InChI=1S/C9H16O/c1-4-6-8(3)9(10)7-5-2/h3-7H2,1-2H3. The molecule has 0 aliphatic heterocycles. The molecule has 0 amide bonds. The van der Waals surface area contributed by atoms with Gasteiger partial charge in [-0.3, -0.25) is 4.79 Å². The largest absolute Gasteiger partial charge is 0.295 e. The van der Waals surface area contributed by atoms with E-state index in [2.05, 4.69) is 13.5 Å². The molecule has 0 unspecified atom stereocenters. The quantitative estimate of drug-likeness (QED) is 0.536. The Morgan fingerprint density at radius 2 is 1.70 bits per heavy atom. The van der Waals surface area contributed by atoms with Crippen LogP contribution in [0, 0.1) is 0 Å². The predicted octanol–water partition coefficient (Wildman–Crippen LogP) is 2.71. The van der Waals surface area contributed by atoms with Gasteiger partial charge in [-0.1, -0.05) is 26.8 Å². The second-order valence-corrected chi connectivity index (χ2v) is 2.53. The highest BCUT2D eigenvalue weighted by molar-refractivity contribution is 5.94. The molecule has 0 heterocycles. The van der Waals surface area contributed by atoms with Gasteiger partial charge < -0.3 is 0 Å². The lowest BCUT2D eigenvalue weighted by molar-refractivity contribution is -0.115. The Kier molecular flexibility index (Phi) is 4.91. The van der Waals surface area contributed by atoms with Gasteiger partial charge in [0.15, 0.2) is 5.78 Å². The average Bonchev–Trinajstić information content (AvgIpc) is 1.89. The zero-order valence-electron chi connectivity index (χ0n) is 6.94. The van der Waals surface area contributed by atoms with Crippen LogP contribution in [0.2, 0.25) is 0 Å². The normalized spacial score (nSPS) is 9.40. The van der Waals surface area contributed by atoms with Crippen molar-refractivity contribution in [3.05, 3.63) is 12.2 Å². The summed E-state index contributed by atoms with van der Waals surface area (Å²) in [5, 5.41) is 0. The van der Waals surface area contributed by atoms with E-state index in [-0.39, 0.29) is 5.78 Å². The molecule has 0 aliphatic carbocycles. The van der Waals surface area contributed by atoms with E-state index in [1.165, 1.54) is 0 Å². The maximum absolute atomic E-state index is 11.0. The van der Waals surface area contributed by atoms with Crippen LogP contribution in [0.3, 0.4) is 0 Å². The van der Waals surface area contributed by atoms with E-state index in [1.807, 2.05) is 6.92 Å². The number of carbonyl (C=O) groups is 1. The highest BCUT2D eigenvalue weighted by Crippen LogP contribution is 2.06. The van der Waals surface area contributed by atoms with Crippen molar-refractivity contribution >= 4 is 5.78 Å². The van der Waals surface area contributed by atoms with Crippen molar-refractivity contribution in [1.29, 1.82) is 0 Å². The molecule has 0 aromatic rings. The molecule has 0 saturated carbocycles. The van der Waals surface area contributed by atoms with Gasteiger partial charge in [-0.15, -0.1) is 0 Å². The van der Waals surface area contributed by atoms with Gasteiger partial charge in [0.05, 0.1) is 0 Å². The molecule has 0 atom stereocenters. The molecular weight excluding hydrogens is 124 g/mol. The number of rotatable bonds is 5. The Labute approximate surface area is 63.1 Å². The lowest BCUT2D eigenvalue weighted by Crippen LogP contribution is -1.99. The maximum atomic E-state index is 11.0. The van der Waals surface area contributed by atoms with Crippen LogP contribution in [0.15, 0.2) is 12.2 Å². The summed E-state index contributed by atoms with van der Waals surface area (Å²) < 4.78 is 0. The summed E-state index contributed by atoms with van der Waals surface area (Å²) in [6.45, 7) is 7.78. The Morgan fingerprint density at radius 3 is 2.10 bits per heavy atom. The number of hydrogen-bond donors (Lipinski definition) is 0. The van der Waals surface area contributed by atoms with E-state index in [1.54, 1.807) is 0 Å². The first kappa shape index (κ1) is 9.41. The summed E-state index contributed by atoms with van der Waals surface area (Å²) in [5.41, 5.74) is 0.796. The minimum Gasteiger partial charge on any atom is -0.295 e. The first-order valence-electron chi connectivity index (χ1n) is 3.93. The third kappa shape index (κ3) is 3.44. The van der Waals surface area contributed by atoms with Gasteiger partial charge in [0, 0.05) is 6.42 Å². The Morgan fingerprint density at radius 1 is 1.20 bits per heavy atom. The molecule has 0 aromatic carbocycles. The Balaban J connectivity index is 3.60. The van der Waals surface area contributed by atoms with Gasteiger partial charge in [0.25, 0.3) is 0 Å². The van der Waals surface area contributed by atoms with Crippen LogP contribution in [-0.2, 0) is 4.79 Å². The highest BCUT2D eigenvalue weighted by Gasteiger charge is 2.02. The lowest BCUT2D eigenvalue weighted by Gasteiger charge is -1.99. The van der Waals surface area contributed by atoms with Crippen molar-refractivity contribution in [3.63, 3.8) is 0 Å². The smallest absolute Gasteiger partial charge is 0.158 e. The molecule has 0 aliphatic rings. The fourth-order valence-electron chi connectivity index (χ4n) is 0.845. The molecule has 0 radical (unpaired) electrons. The maximum Gasteiger partial charge on any atom is 0.158 e. The zero-order chi connectivity index (χ0) is 7.98. The SMILES string of the molecule is C=C(CCC)C(=O)CCC. The number of hydrogen-bond acceptors (Lipinski definition) is 1. The van der Waals surface area contributed by atoms with Gasteiger partial charge in [-0.05, 0) is 18.4 Å². The van der Waals surface area contributed by atoms with Crippen LogP contribution in [0.25, 0.3) is 0 Å². The fraction of sp³-hybridized carbons (Fsp3) is 0.667. The second-order valence-electron chi connectivity index (χ2n) is 2.53. The van der Waals surface area contributed by atoms with Crippen molar-refractivity contribution in [2.45, 2.75) is 39.5 Å². The minimum absolute atomic E-state index is 0.240. The predicted molar refractivity (Wildman–Crippen MR) is 44.0 cm³/mol. The van der Waals surface area contributed by atoms with Gasteiger partial charge in [0.2, 0.25) is 0 Å². The lowest BCUT2D eigenvalue weighted by atomic mass is 10.1. The monoisotopic (exact) mass is 140 g/mol. The summed E-state index contributed by atoms with van der Waals surface area (Å²) >= 11 is 0. The molecule has 10 heavy (non-hydrogen) atoms. The molecule has 0 aromatic heterocycles. The van der Waals surface area contributed by atoms with E-state index < -0.39 is 0 Å². The van der Waals surface area contributed by atoms with Crippen molar-refractivity contribution < 1.29 is 4.79 Å². The molecule has 0 spiro atoms. The third-order valence-corrected chi connectivity index (χ3v) is 1.42. The van der Waals surface area contributed by atoms with E-state index in [9.17, 15) is 4.79 Å². The minimum atomic E-state index is 0.240. The Bertz CT molecular complexity index is 109. The second kappa shape index (κ2) is 5.21. The third-order valence-electron chi connectivity index (χ3n) is 1.42. The van der Waals surface area contributed by atoms with Crippen LogP contribution in [0.4, 0.5) is 0 Å². The first-order chi connectivity index (χ1) is 4.72. The van der Waals surface area contributed by atoms with Gasteiger partial charge in [0.1, 0.15) is 0 Å². The summed E-state index contributed by atoms with van der Waals surface area (Å²) in [6, 6.07) is 0. The van der Waals surface area contributed by atoms with Crippen LogP contribution < -0.4 is 0 Å². The molecule has 0 rings (SSSR count). The fourth-order valence-corrected chi connectivity index (χ4v) is 0.845. The van der Waals surface area contributed by atoms with E-state index in [0.29, 0.717) is 6.42 Å². The van der Waals surface area contributed by atoms with Crippen molar-refractivity contribution in [2.75, 3.05) is 0 Å². The number of Topliss-reactive ketones (excluding diaryl/α,β-unsaturated/α-hetero) is 1. The van der Waals surface area contributed by atoms with Crippen LogP contribution in [0.5, 0.6) is 0 Å².